The second-order valence-corrected chi connectivity index (χ2v) is 8.10. The van der Waals surface area contributed by atoms with Crippen LogP contribution in [0.2, 0.25) is 0 Å². The lowest BCUT2D eigenvalue weighted by Gasteiger charge is -2.19. The van der Waals surface area contributed by atoms with E-state index >= 15 is 0 Å². The third-order valence-corrected chi connectivity index (χ3v) is 4.89. The number of hydrogen-bond donors (Lipinski definition) is 0. The van der Waals surface area contributed by atoms with E-state index in [0.29, 0.717) is 6.54 Å². The lowest BCUT2D eigenvalue weighted by molar-refractivity contribution is 0.589. The van der Waals surface area contributed by atoms with Crippen LogP contribution in [-0.2, 0) is 12.0 Å². The Morgan fingerprint density at radius 1 is 0.714 bits per heavy atom. The molecule has 3 aromatic carbocycles. The van der Waals surface area contributed by atoms with Crippen molar-refractivity contribution in [2.75, 3.05) is 0 Å². The van der Waals surface area contributed by atoms with Gasteiger partial charge in [0.1, 0.15) is 0 Å². The molecule has 1 aromatic heterocycles. The van der Waals surface area contributed by atoms with Crippen LogP contribution in [0.5, 0.6) is 0 Å². The van der Waals surface area contributed by atoms with Gasteiger partial charge in [-0.05, 0) is 16.5 Å². The van der Waals surface area contributed by atoms with E-state index in [-0.39, 0.29) is 5.41 Å². The summed E-state index contributed by atoms with van der Waals surface area (Å²) in [6.45, 7) is 7.39. The van der Waals surface area contributed by atoms with Gasteiger partial charge in [0.15, 0.2) is 11.6 Å². The molecule has 1 heterocycles. The average molecular weight is 367 g/mol. The van der Waals surface area contributed by atoms with E-state index in [1.165, 1.54) is 11.1 Å². The molecule has 0 spiro atoms. The van der Waals surface area contributed by atoms with E-state index in [1.54, 1.807) is 0 Å². The highest BCUT2D eigenvalue weighted by atomic mass is 15.3. The van der Waals surface area contributed by atoms with Gasteiger partial charge in [0.05, 0.1) is 6.54 Å². The highest BCUT2D eigenvalue weighted by Gasteiger charge is 2.15. The zero-order valence-electron chi connectivity index (χ0n) is 16.6. The Balaban J connectivity index is 1.72. The molecule has 4 aromatic rings. The molecule has 28 heavy (non-hydrogen) atoms. The lowest BCUT2D eigenvalue weighted by Crippen LogP contribution is -2.11. The average Bonchev–Trinajstić information content (AvgIpc) is 3.13. The Hall–Kier alpha value is -3.20. The van der Waals surface area contributed by atoms with Crippen molar-refractivity contribution < 1.29 is 0 Å². The molecule has 0 saturated carbocycles. The summed E-state index contributed by atoms with van der Waals surface area (Å²) in [5.74, 6) is 1.64. The Morgan fingerprint density at radius 3 is 1.86 bits per heavy atom. The quantitative estimate of drug-likeness (QED) is 0.446. The van der Waals surface area contributed by atoms with E-state index in [9.17, 15) is 0 Å². The minimum absolute atomic E-state index is 0.154. The topological polar surface area (TPSA) is 30.7 Å². The molecule has 3 nitrogen and oxygen atoms in total. The van der Waals surface area contributed by atoms with Gasteiger partial charge < -0.3 is 0 Å². The fraction of sp³-hybridized carbons (Fsp3) is 0.200. The zero-order chi connectivity index (χ0) is 19.6. The molecular formula is C25H25N3. The molecule has 140 valence electrons. The van der Waals surface area contributed by atoms with E-state index < -0.39 is 0 Å². The smallest absolute Gasteiger partial charge is 0.181 e. The predicted octanol–water partition coefficient (Wildman–Crippen LogP) is 5.96. The van der Waals surface area contributed by atoms with Crippen LogP contribution < -0.4 is 0 Å². The Kier molecular flexibility index (Phi) is 4.82. The molecule has 0 saturated heterocycles. The van der Waals surface area contributed by atoms with Crippen molar-refractivity contribution in [3.63, 3.8) is 0 Å². The molecule has 0 aliphatic carbocycles. The van der Waals surface area contributed by atoms with Crippen LogP contribution in [0.4, 0.5) is 0 Å². The maximum Gasteiger partial charge on any atom is 0.181 e. The minimum atomic E-state index is 0.154. The number of hydrogen-bond acceptors (Lipinski definition) is 2. The van der Waals surface area contributed by atoms with Gasteiger partial charge >= 0.3 is 0 Å². The molecule has 4 rings (SSSR count). The summed E-state index contributed by atoms with van der Waals surface area (Å²) >= 11 is 0. The number of nitrogens with zero attached hydrogens (tertiary/aromatic N) is 3. The first-order valence-corrected chi connectivity index (χ1v) is 9.66. The third kappa shape index (κ3) is 3.89. The molecule has 0 aliphatic heterocycles. The third-order valence-electron chi connectivity index (χ3n) is 4.89. The maximum absolute atomic E-state index is 4.86. The molecule has 0 unspecified atom stereocenters. The van der Waals surface area contributed by atoms with Gasteiger partial charge in [-0.2, -0.15) is 5.10 Å². The van der Waals surface area contributed by atoms with Gasteiger partial charge in [0.2, 0.25) is 0 Å². The highest BCUT2D eigenvalue weighted by Crippen LogP contribution is 2.25. The van der Waals surface area contributed by atoms with Crippen molar-refractivity contribution in [2.24, 2.45) is 0 Å². The lowest BCUT2D eigenvalue weighted by atomic mass is 9.87. The number of aromatic nitrogens is 3. The van der Waals surface area contributed by atoms with Crippen LogP contribution in [-0.4, -0.2) is 14.8 Å². The first-order chi connectivity index (χ1) is 13.5. The molecule has 3 heteroatoms. The van der Waals surface area contributed by atoms with Crippen LogP contribution in [0.3, 0.4) is 0 Å². The van der Waals surface area contributed by atoms with Crippen molar-refractivity contribution >= 4 is 0 Å². The summed E-state index contributed by atoms with van der Waals surface area (Å²) in [5.41, 5.74) is 4.81. The Morgan fingerprint density at radius 2 is 1.29 bits per heavy atom. The Bertz CT molecular complexity index is 1040. The largest absolute Gasteiger partial charge is 0.241 e. The summed E-state index contributed by atoms with van der Waals surface area (Å²) in [6, 6.07) is 29.2. The molecule has 0 N–H and O–H groups in total. The maximum atomic E-state index is 4.86. The normalized spacial score (nSPS) is 11.5. The molecule has 0 atom stereocenters. The first kappa shape index (κ1) is 18.2. The van der Waals surface area contributed by atoms with E-state index in [1.807, 2.05) is 53.2 Å². The summed E-state index contributed by atoms with van der Waals surface area (Å²) in [5, 5.41) is 4.83. The second-order valence-electron chi connectivity index (χ2n) is 8.10. The van der Waals surface area contributed by atoms with Gasteiger partial charge in [-0.3, -0.25) is 0 Å². The minimum Gasteiger partial charge on any atom is -0.241 e. The van der Waals surface area contributed by atoms with Crippen molar-refractivity contribution in [3.8, 4) is 22.8 Å². The molecule has 0 amide bonds. The predicted molar refractivity (Wildman–Crippen MR) is 115 cm³/mol. The monoisotopic (exact) mass is 367 g/mol. The van der Waals surface area contributed by atoms with Crippen molar-refractivity contribution in [1.82, 2.24) is 14.8 Å². The standard InChI is InChI=1S/C25H25N3/c1-25(2,3)22-16-14-19(15-17-22)18-28-24(21-12-8-5-9-13-21)26-23(27-28)20-10-6-4-7-11-20/h4-17H,18H2,1-3H3. The number of benzene rings is 3. The highest BCUT2D eigenvalue weighted by molar-refractivity contribution is 5.61. The summed E-state index contributed by atoms with van der Waals surface area (Å²) < 4.78 is 2.00. The van der Waals surface area contributed by atoms with Crippen molar-refractivity contribution in [2.45, 2.75) is 32.7 Å². The summed E-state index contributed by atoms with van der Waals surface area (Å²) in [4.78, 5) is 4.86. The summed E-state index contributed by atoms with van der Waals surface area (Å²) in [7, 11) is 0. The number of rotatable bonds is 4. The van der Waals surface area contributed by atoms with Crippen LogP contribution >= 0.6 is 0 Å². The van der Waals surface area contributed by atoms with Crippen LogP contribution in [0.15, 0.2) is 84.9 Å². The van der Waals surface area contributed by atoms with E-state index in [0.717, 1.165) is 22.8 Å². The molecule has 0 bridgehead atoms. The molecular weight excluding hydrogens is 342 g/mol. The van der Waals surface area contributed by atoms with Gasteiger partial charge in [-0.1, -0.05) is 106 Å². The van der Waals surface area contributed by atoms with Crippen LogP contribution in [0.25, 0.3) is 22.8 Å². The van der Waals surface area contributed by atoms with Crippen molar-refractivity contribution in [1.29, 1.82) is 0 Å². The van der Waals surface area contributed by atoms with Gasteiger partial charge in [-0.15, -0.1) is 0 Å². The van der Waals surface area contributed by atoms with Gasteiger partial charge in [-0.25, -0.2) is 9.67 Å². The zero-order valence-corrected chi connectivity index (χ0v) is 16.6. The van der Waals surface area contributed by atoms with Gasteiger partial charge in [0.25, 0.3) is 0 Å². The first-order valence-electron chi connectivity index (χ1n) is 9.66. The van der Waals surface area contributed by atoms with Crippen LogP contribution in [0.1, 0.15) is 31.9 Å². The second kappa shape index (κ2) is 7.43. The summed E-state index contributed by atoms with van der Waals surface area (Å²) in [6.07, 6.45) is 0. The SMILES string of the molecule is CC(C)(C)c1ccc(Cn2nc(-c3ccccc3)nc2-c2ccccc2)cc1. The Labute approximate surface area is 166 Å². The van der Waals surface area contributed by atoms with Crippen molar-refractivity contribution in [3.05, 3.63) is 96.1 Å². The fourth-order valence-electron chi connectivity index (χ4n) is 3.25. The van der Waals surface area contributed by atoms with E-state index in [4.69, 9.17) is 10.1 Å². The molecule has 0 fully saturated rings. The molecule has 0 radical (unpaired) electrons. The van der Waals surface area contributed by atoms with Crippen LogP contribution in [0, 0.1) is 0 Å². The fourth-order valence-corrected chi connectivity index (χ4v) is 3.25. The molecule has 0 aliphatic rings. The van der Waals surface area contributed by atoms with E-state index in [2.05, 4.69) is 57.2 Å². The van der Waals surface area contributed by atoms with Gasteiger partial charge in [0, 0.05) is 11.1 Å².